The normalized spacial score (nSPS) is 10.6. The molecule has 1 aromatic heterocycles. The minimum absolute atomic E-state index is 0.127. The Morgan fingerprint density at radius 3 is 2.22 bits per heavy atom. The van der Waals surface area contributed by atoms with Gasteiger partial charge in [0.25, 0.3) is 0 Å². The minimum atomic E-state index is -0.399. The summed E-state index contributed by atoms with van der Waals surface area (Å²) < 4.78 is 17.2. The number of nitrogens with two attached hydrogens (primary N) is 2. The maximum absolute atomic E-state index is 12.6. The molecule has 1 heterocycles. The zero-order valence-corrected chi connectivity index (χ0v) is 18.6. The summed E-state index contributed by atoms with van der Waals surface area (Å²) in [6, 6.07) is 11.1. The van der Waals surface area contributed by atoms with Crippen LogP contribution in [-0.2, 0) is 11.2 Å². The van der Waals surface area contributed by atoms with Crippen molar-refractivity contribution in [2.24, 2.45) is 0 Å². The van der Waals surface area contributed by atoms with Gasteiger partial charge in [0.05, 0.1) is 30.9 Å². The van der Waals surface area contributed by atoms with Crippen LogP contribution in [0, 0.1) is 0 Å². The SMILES string of the molecule is CCOC(=O)c1ccccc1-c1c(OCC)cc(Cc2cnc(N)nc2N)cc1OCC. The van der Waals surface area contributed by atoms with Gasteiger partial charge >= 0.3 is 5.97 Å². The van der Waals surface area contributed by atoms with Gasteiger partial charge in [-0.15, -0.1) is 0 Å². The molecule has 0 aliphatic rings. The third-order valence-electron chi connectivity index (χ3n) is 4.73. The monoisotopic (exact) mass is 436 g/mol. The van der Waals surface area contributed by atoms with Gasteiger partial charge in [-0.05, 0) is 44.5 Å². The lowest BCUT2D eigenvalue weighted by atomic mass is 9.95. The van der Waals surface area contributed by atoms with Crippen molar-refractivity contribution in [1.82, 2.24) is 9.97 Å². The molecule has 0 radical (unpaired) electrons. The van der Waals surface area contributed by atoms with Crippen LogP contribution in [0.4, 0.5) is 11.8 Å². The highest BCUT2D eigenvalue weighted by Crippen LogP contribution is 2.42. The van der Waals surface area contributed by atoms with E-state index in [1.54, 1.807) is 25.3 Å². The Morgan fingerprint density at radius 1 is 0.969 bits per heavy atom. The highest BCUT2D eigenvalue weighted by atomic mass is 16.5. The summed E-state index contributed by atoms with van der Waals surface area (Å²) >= 11 is 0. The molecule has 8 heteroatoms. The summed E-state index contributed by atoms with van der Waals surface area (Å²) in [4.78, 5) is 20.7. The topological polar surface area (TPSA) is 123 Å². The number of esters is 1. The molecule has 3 rings (SSSR count). The molecule has 0 fully saturated rings. The molecule has 0 amide bonds. The molecule has 3 aromatic rings. The average Bonchev–Trinajstić information content (AvgIpc) is 2.76. The molecule has 0 saturated heterocycles. The zero-order valence-electron chi connectivity index (χ0n) is 18.6. The van der Waals surface area contributed by atoms with E-state index in [9.17, 15) is 4.79 Å². The Labute approximate surface area is 187 Å². The molecule has 4 N–H and O–H groups in total. The van der Waals surface area contributed by atoms with Gasteiger partial charge in [0, 0.05) is 23.7 Å². The Hall–Kier alpha value is -3.81. The van der Waals surface area contributed by atoms with E-state index in [0.717, 1.165) is 11.1 Å². The molecular weight excluding hydrogens is 408 g/mol. The van der Waals surface area contributed by atoms with E-state index in [2.05, 4.69) is 9.97 Å². The Kier molecular flexibility index (Phi) is 7.49. The first-order valence-corrected chi connectivity index (χ1v) is 10.5. The molecular formula is C24H28N4O4. The van der Waals surface area contributed by atoms with Crippen LogP contribution >= 0.6 is 0 Å². The first kappa shape index (κ1) is 22.9. The lowest BCUT2D eigenvalue weighted by Crippen LogP contribution is -2.08. The highest BCUT2D eigenvalue weighted by molar-refractivity contribution is 5.99. The molecule has 8 nitrogen and oxygen atoms in total. The van der Waals surface area contributed by atoms with E-state index >= 15 is 0 Å². The average molecular weight is 437 g/mol. The van der Waals surface area contributed by atoms with Crippen molar-refractivity contribution < 1.29 is 19.0 Å². The number of rotatable bonds is 9. The fourth-order valence-corrected chi connectivity index (χ4v) is 3.43. The second-order valence-corrected chi connectivity index (χ2v) is 6.91. The number of nitrogen functional groups attached to an aromatic ring is 2. The number of carbonyl (C=O) groups is 1. The van der Waals surface area contributed by atoms with Crippen LogP contribution in [0.5, 0.6) is 11.5 Å². The molecule has 2 aromatic carbocycles. The predicted molar refractivity (Wildman–Crippen MR) is 124 cm³/mol. The van der Waals surface area contributed by atoms with Gasteiger partial charge in [-0.25, -0.2) is 9.78 Å². The van der Waals surface area contributed by atoms with E-state index in [1.165, 1.54) is 0 Å². The fourth-order valence-electron chi connectivity index (χ4n) is 3.43. The molecule has 0 aliphatic heterocycles. The van der Waals surface area contributed by atoms with Gasteiger partial charge in [-0.3, -0.25) is 0 Å². The van der Waals surface area contributed by atoms with Crippen LogP contribution in [0.2, 0.25) is 0 Å². The van der Waals surface area contributed by atoms with Crippen molar-refractivity contribution in [3.63, 3.8) is 0 Å². The van der Waals surface area contributed by atoms with E-state index < -0.39 is 5.97 Å². The van der Waals surface area contributed by atoms with Crippen molar-refractivity contribution >= 4 is 17.7 Å². The van der Waals surface area contributed by atoms with Crippen LogP contribution in [0.3, 0.4) is 0 Å². The molecule has 0 bridgehead atoms. The summed E-state index contributed by atoms with van der Waals surface area (Å²) in [7, 11) is 0. The molecule has 0 saturated carbocycles. The van der Waals surface area contributed by atoms with Crippen molar-refractivity contribution in [3.8, 4) is 22.6 Å². The quantitative estimate of drug-likeness (QED) is 0.485. The van der Waals surface area contributed by atoms with E-state index in [1.807, 2.05) is 38.1 Å². The number of nitrogens with zero attached hydrogens (tertiary/aromatic N) is 2. The molecule has 0 spiro atoms. The van der Waals surface area contributed by atoms with Gasteiger partial charge in [0.15, 0.2) is 0 Å². The number of hydrogen-bond acceptors (Lipinski definition) is 8. The van der Waals surface area contributed by atoms with E-state index in [-0.39, 0.29) is 12.6 Å². The van der Waals surface area contributed by atoms with Crippen LogP contribution in [-0.4, -0.2) is 35.8 Å². The number of carbonyl (C=O) groups excluding carboxylic acids is 1. The Balaban J connectivity index is 2.15. The maximum atomic E-state index is 12.6. The Morgan fingerprint density at radius 2 is 1.62 bits per heavy atom. The van der Waals surface area contributed by atoms with E-state index in [4.69, 9.17) is 25.7 Å². The van der Waals surface area contributed by atoms with Crippen LogP contribution in [0.15, 0.2) is 42.6 Å². The molecule has 0 atom stereocenters. The zero-order chi connectivity index (χ0) is 23.1. The molecule has 32 heavy (non-hydrogen) atoms. The number of aromatic nitrogens is 2. The molecule has 0 aliphatic carbocycles. The first-order valence-electron chi connectivity index (χ1n) is 10.5. The van der Waals surface area contributed by atoms with Gasteiger partial charge in [-0.2, -0.15) is 4.98 Å². The number of ether oxygens (including phenoxy) is 3. The van der Waals surface area contributed by atoms with Gasteiger partial charge in [-0.1, -0.05) is 18.2 Å². The minimum Gasteiger partial charge on any atom is -0.493 e. The summed E-state index contributed by atoms with van der Waals surface area (Å²) in [5.41, 5.74) is 15.1. The first-order chi connectivity index (χ1) is 15.5. The van der Waals surface area contributed by atoms with Crippen LogP contribution in [0.25, 0.3) is 11.1 Å². The van der Waals surface area contributed by atoms with Crippen molar-refractivity contribution in [1.29, 1.82) is 0 Å². The molecule has 168 valence electrons. The van der Waals surface area contributed by atoms with Crippen LogP contribution in [0.1, 0.15) is 42.3 Å². The second-order valence-electron chi connectivity index (χ2n) is 6.91. The fraction of sp³-hybridized carbons (Fsp3) is 0.292. The second kappa shape index (κ2) is 10.5. The van der Waals surface area contributed by atoms with Gasteiger partial charge < -0.3 is 25.7 Å². The lowest BCUT2D eigenvalue weighted by Gasteiger charge is -2.19. The number of benzene rings is 2. The Bertz CT molecular complexity index is 1070. The van der Waals surface area contributed by atoms with Crippen LogP contribution < -0.4 is 20.9 Å². The maximum Gasteiger partial charge on any atom is 0.338 e. The van der Waals surface area contributed by atoms with Crippen molar-refractivity contribution in [3.05, 3.63) is 59.3 Å². The number of hydrogen-bond donors (Lipinski definition) is 2. The van der Waals surface area contributed by atoms with Crippen molar-refractivity contribution in [2.45, 2.75) is 27.2 Å². The third-order valence-corrected chi connectivity index (χ3v) is 4.73. The molecule has 0 unspecified atom stereocenters. The summed E-state index contributed by atoms with van der Waals surface area (Å²) in [5.74, 6) is 1.25. The summed E-state index contributed by atoms with van der Waals surface area (Å²) in [6.07, 6.45) is 2.08. The van der Waals surface area contributed by atoms with E-state index in [0.29, 0.717) is 53.6 Å². The lowest BCUT2D eigenvalue weighted by molar-refractivity contribution is 0.0527. The van der Waals surface area contributed by atoms with Crippen molar-refractivity contribution in [2.75, 3.05) is 31.3 Å². The predicted octanol–water partition coefficient (Wildman–Crippen LogP) is 3.87. The largest absolute Gasteiger partial charge is 0.493 e. The van der Waals surface area contributed by atoms with Gasteiger partial charge in [0.1, 0.15) is 17.3 Å². The summed E-state index contributed by atoms with van der Waals surface area (Å²) in [6.45, 7) is 6.75. The highest BCUT2D eigenvalue weighted by Gasteiger charge is 2.22. The van der Waals surface area contributed by atoms with Gasteiger partial charge in [0.2, 0.25) is 5.95 Å². The number of anilines is 2. The summed E-state index contributed by atoms with van der Waals surface area (Å²) in [5, 5.41) is 0. The standard InChI is InChI=1S/C24H28N4O4/c1-4-30-19-12-15(11-16-14-27-24(26)28-22(16)25)13-20(31-5-2)21(19)17-9-7-8-10-18(17)23(29)32-6-3/h7-10,12-14H,4-6,11H2,1-3H3,(H4,25,26,27,28). The third kappa shape index (κ3) is 5.08. The smallest absolute Gasteiger partial charge is 0.338 e.